The number of hydrogen-bond acceptors (Lipinski definition) is 5. The lowest BCUT2D eigenvalue weighted by Gasteiger charge is -2.36. The molecule has 8 heteroatoms. The highest BCUT2D eigenvalue weighted by molar-refractivity contribution is 6.02. The van der Waals surface area contributed by atoms with E-state index in [0.29, 0.717) is 30.7 Å². The molecule has 7 atom stereocenters. The van der Waals surface area contributed by atoms with Gasteiger partial charge in [-0.15, -0.1) is 0 Å². The Morgan fingerprint density at radius 3 is 2.58 bits per heavy atom. The van der Waals surface area contributed by atoms with Crippen LogP contribution in [-0.2, 0) is 19.1 Å². The van der Waals surface area contributed by atoms with Gasteiger partial charge in [0.25, 0.3) is 0 Å². The van der Waals surface area contributed by atoms with Gasteiger partial charge >= 0.3 is 0 Å². The van der Waals surface area contributed by atoms with Crippen molar-refractivity contribution >= 4 is 23.4 Å². The molecule has 2 N–H and O–H groups in total. The lowest BCUT2D eigenvalue weighted by Crippen LogP contribution is -2.57. The number of anilines is 1. The third kappa shape index (κ3) is 4.72. The van der Waals surface area contributed by atoms with Gasteiger partial charge in [0.15, 0.2) is 0 Å². The normalized spacial score (nSPS) is 33.5. The number of amides is 3. The summed E-state index contributed by atoms with van der Waals surface area (Å²) in [6, 6.07) is 6.50. The highest BCUT2D eigenvalue weighted by Crippen LogP contribution is 2.55. The van der Waals surface area contributed by atoms with Crippen LogP contribution in [0.25, 0.3) is 0 Å². The molecule has 1 aliphatic carbocycles. The fourth-order valence-electron chi connectivity index (χ4n) is 6.72. The first kappa shape index (κ1) is 26.7. The predicted octanol–water partition coefficient (Wildman–Crippen LogP) is 3.92. The molecule has 206 valence electrons. The number of rotatable bonds is 9. The van der Waals surface area contributed by atoms with Crippen molar-refractivity contribution in [2.75, 3.05) is 18.5 Å². The molecule has 3 amide bonds. The van der Waals surface area contributed by atoms with E-state index in [1.165, 1.54) is 6.42 Å². The zero-order valence-corrected chi connectivity index (χ0v) is 22.9. The molecule has 8 nitrogen and oxygen atoms in total. The topological polar surface area (TPSA) is 97.0 Å². The van der Waals surface area contributed by atoms with Gasteiger partial charge in [-0.1, -0.05) is 45.8 Å². The molecule has 2 bridgehead atoms. The zero-order valence-electron chi connectivity index (χ0n) is 22.9. The van der Waals surface area contributed by atoms with Crippen LogP contribution in [0, 0.1) is 23.7 Å². The van der Waals surface area contributed by atoms with Crippen molar-refractivity contribution in [1.82, 2.24) is 10.2 Å². The van der Waals surface area contributed by atoms with E-state index in [1.54, 1.807) is 29.2 Å². The maximum atomic E-state index is 14.0. The average molecular weight is 524 g/mol. The Morgan fingerprint density at radius 1 is 1.16 bits per heavy atom. The predicted molar refractivity (Wildman–Crippen MR) is 144 cm³/mol. The van der Waals surface area contributed by atoms with Crippen LogP contribution >= 0.6 is 0 Å². The number of carbonyl (C=O) groups is 3. The monoisotopic (exact) mass is 523 g/mol. The van der Waals surface area contributed by atoms with Crippen molar-refractivity contribution in [3.05, 3.63) is 36.4 Å². The number of benzene rings is 1. The first-order valence-corrected chi connectivity index (χ1v) is 14.3. The van der Waals surface area contributed by atoms with Crippen molar-refractivity contribution in [1.29, 1.82) is 0 Å². The average Bonchev–Trinajstić information content (AvgIpc) is 3.52. The summed E-state index contributed by atoms with van der Waals surface area (Å²) in [5.41, 5.74) is -0.497. The summed E-state index contributed by atoms with van der Waals surface area (Å²) in [6.07, 6.45) is 8.29. The molecule has 1 aromatic carbocycles. The molecule has 5 unspecified atom stereocenters. The number of nitrogens with zero attached hydrogens (tertiary/aromatic N) is 1. The molecule has 1 saturated carbocycles. The molecule has 0 radical (unpaired) electrons. The minimum atomic E-state index is -1.12. The smallest absolute Gasteiger partial charge is 0.246 e. The second kappa shape index (κ2) is 10.7. The summed E-state index contributed by atoms with van der Waals surface area (Å²) in [4.78, 5) is 43.2. The van der Waals surface area contributed by atoms with E-state index >= 15 is 0 Å². The molecule has 4 aliphatic rings. The summed E-state index contributed by atoms with van der Waals surface area (Å²) >= 11 is 0. The molecule has 5 rings (SSSR count). The third-order valence-electron chi connectivity index (χ3n) is 8.74. The first-order valence-electron chi connectivity index (χ1n) is 14.3. The van der Waals surface area contributed by atoms with E-state index in [0.717, 1.165) is 31.4 Å². The van der Waals surface area contributed by atoms with Crippen molar-refractivity contribution in [3.63, 3.8) is 0 Å². The Balaban J connectivity index is 1.40. The molecule has 0 aromatic heterocycles. The quantitative estimate of drug-likeness (QED) is 0.479. The van der Waals surface area contributed by atoms with Crippen LogP contribution in [0.1, 0.15) is 59.8 Å². The van der Waals surface area contributed by atoms with Crippen LogP contribution in [-0.4, -0.2) is 59.6 Å². The maximum absolute atomic E-state index is 14.0. The van der Waals surface area contributed by atoms with Gasteiger partial charge in [-0.2, -0.15) is 0 Å². The van der Waals surface area contributed by atoms with Gasteiger partial charge in [0.2, 0.25) is 17.7 Å². The van der Waals surface area contributed by atoms with Crippen LogP contribution < -0.4 is 15.4 Å². The Morgan fingerprint density at radius 2 is 1.89 bits per heavy atom. The minimum absolute atomic E-state index is 0.0927. The van der Waals surface area contributed by atoms with E-state index in [4.69, 9.17) is 9.47 Å². The van der Waals surface area contributed by atoms with Gasteiger partial charge in [-0.25, -0.2) is 0 Å². The van der Waals surface area contributed by atoms with Gasteiger partial charge in [0, 0.05) is 18.3 Å². The highest BCUT2D eigenvalue weighted by Gasteiger charge is 2.72. The van der Waals surface area contributed by atoms with E-state index in [1.807, 2.05) is 19.1 Å². The SMILES string of the molecule is CCOc1ccc(NC(=O)C2[C@@H]3C=CC4(O3)C(C(=O)NC3CCCCC3C)N(CCC(C)C)C(=O)[C@H]24)cc1. The molecule has 3 fully saturated rings. The number of nitrogens with one attached hydrogen (secondary N) is 2. The van der Waals surface area contributed by atoms with E-state index < -0.39 is 29.6 Å². The van der Waals surface area contributed by atoms with Gasteiger partial charge in [-0.05, 0) is 62.3 Å². The number of likely N-dealkylation sites (tertiary alicyclic amines) is 1. The van der Waals surface area contributed by atoms with Crippen molar-refractivity contribution in [3.8, 4) is 5.75 Å². The minimum Gasteiger partial charge on any atom is -0.494 e. The zero-order chi connectivity index (χ0) is 27.0. The van der Waals surface area contributed by atoms with Gasteiger partial charge < -0.3 is 25.0 Å². The molecular formula is C30H41N3O5. The molecule has 3 heterocycles. The largest absolute Gasteiger partial charge is 0.494 e. The van der Waals surface area contributed by atoms with Crippen LogP contribution in [0.5, 0.6) is 5.75 Å². The van der Waals surface area contributed by atoms with E-state index in [-0.39, 0.29) is 23.8 Å². The van der Waals surface area contributed by atoms with Gasteiger partial charge in [-0.3, -0.25) is 14.4 Å². The highest BCUT2D eigenvalue weighted by atomic mass is 16.5. The Bertz CT molecular complexity index is 1090. The summed E-state index contributed by atoms with van der Waals surface area (Å²) in [5, 5.41) is 6.25. The Labute approximate surface area is 225 Å². The van der Waals surface area contributed by atoms with E-state index in [9.17, 15) is 14.4 Å². The van der Waals surface area contributed by atoms with Crippen LogP contribution in [0.3, 0.4) is 0 Å². The Kier molecular flexibility index (Phi) is 7.54. The second-order valence-corrected chi connectivity index (χ2v) is 11.7. The maximum Gasteiger partial charge on any atom is 0.246 e. The van der Waals surface area contributed by atoms with Gasteiger partial charge in [0.05, 0.1) is 24.5 Å². The van der Waals surface area contributed by atoms with Crippen molar-refractivity contribution in [2.45, 2.75) is 83.6 Å². The van der Waals surface area contributed by atoms with Crippen LogP contribution in [0.4, 0.5) is 5.69 Å². The van der Waals surface area contributed by atoms with Crippen molar-refractivity contribution < 1.29 is 23.9 Å². The lowest BCUT2D eigenvalue weighted by atomic mass is 9.74. The number of hydrogen-bond donors (Lipinski definition) is 2. The second-order valence-electron chi connectivity index (χ2n) is 11.7. The Hall–Kier alpha value is -2.87. The fourth-order valence-corrected chi connectivity index (χ4v) is 6.72. The summed E-state index contributed by atoms with van der Waals surface area (Å²) in [6.45, 7) is 9.33. The van der Waals surface area contributed by atoms with Crippen LogP contribution in [0.15, 0.2) is 36.4 Å². The van der Waals surface area contributed by atoms with E-state index in [2.05, 4.69) is 31.4 Å². The molecule has 3 aliphatic heterocycles. The molecule has 2 saturated heterocycles. The van der Waals surface area contributed by atoms with Crippen LogP contribution in [0.2, 0.25) is 0 Å². The molecule has 1 aromatic rings. The fraction of sp³-hybridized carbons (Fsp3) is 0.633. The number of fused-ring (bicyclic) bond motifs is 1. The number of carbonyl (C=O) groups excluding carboxylic acids is 3. The summed E-state index contributed by atoms with van der Waals surface area (Å²) in [7, 11) is 0. The molecule has 38 heavy (non-hydrogen) atoms. The first-order chi connectivity index (χ1) is 18.2. The summed E-state index contributed by atoms with van der Waals surface area (Å²) in [5.74, 6) is -0.542. The van der Waals surface area contributed by atoms with Gasteiger partial charge in [0.1, 0.15) is 17.4 Å². The molecular weight excluding hydrogens is 482 g/mol. The third-order valence-corrected chi connectivity index (χ3v) is 8.74. The number of ether oxygens (including phenoxy) is 2. The molecule has 1 spiro atoms. The summed E-state index contributed by atoms with van der Waals surface area (Å²) < 4.78 is 11.9. The van der Waals surface area contributed by atoms with Crippen molar-refractivity contribution in [2.24, 2.45) is 23.7 Å². The standard InChI is InChI=1S/C30H41N3O5/c1-5-37-21-12-10-20(11-13-21)31-27(34)24-23-14-16-30(38-23)25(24)29(36)33(17-15-18(2)3)26(30)28(35)32-22-9-7-6-8-19(22)4/h10-14,16,18-19,22-26H,5-9,15,17H2,1-4H3,(H,31,34)(H,32,35)/t19?,22?,23-,24?,25-,26?,30?/m0/s1. The lowest BCUT2D eigenvalue weighted by molar-refractivity contribution is -0.141.